The number of rotatable bonds is 4. The number of halogens is 1. The SMILES string of the molecule is COc1cc(N)ccc1S(=O)(=O)Nc1ccc(Br)c(C)c1. The fourth-order valence-corrected chi connectivity index (χ4v) is 3.27. The lowest BCUT2D eigenvalue weighted by Gasteiger charge is -2.12. The highest BCUT2D eigenvalue weighted by Crippen LogP contribution is 2.28. The number of benzene rings is 2. The number of methoxy groups -OCH3 is 1. The Hall–Kier alpha value is -1.73. The van der Waals surface area contributed by atoms with E-state index in [0.717, 1.165) is 10.0 Å². The van der Waals surface area contributed by atoms with Gasteiger partial charge in [0.2, 0.25) is 0 Å². The number of nitrogens with one attached hydrogen (secondary N) is 1. The fraction of sp³-hybridized carbons (Fsp3) is 0.143. The maximum absolute atomic E-state index is 12.4. The molecule has 112 valence electrons. The van der Waals surface area contributed by atoms with E-state index in [9.17, 15) is 8.42 Å². The molecule has 2 aromatic rings. The predicted octanol–water partition coefficient (Wildman–Crippen LogP) is 3.15. The Morgan fingerprint density at radius 2 is 1.90 bits per heavy atom. The number of anilines is 2. The van der Waals surface area contributed by atoms with Crippen LogP contribution in [0.3, 0.4) is 0 Å². The van der Waals surface area contributed by atoms with E-state index in [1.807, 2.05) is 6.92 Å². The van der Waals surface area contributed by atoms with E-state index in [4.69, 9.17) is 10.5 Å². The molecule has 0 spiro atoms. The van der Waals surface area contributed by atoms with E-state index >= 15 is 0 Å². The molecule has 0 aliphatic heterocycles. The summed E-state index contributed by atoms with van der Waals surface area (Å²) < 4.78 is 33.4. The Bertz CT molecular complexity index is 776. The zero-order valence-corrected chi connectivity index (χ0v) is 14.0. The van der Waals surface area contributed by atoms with Crippen molar-refractivity contribution in [1.29, 1.82) is 0 Å². The van der Waals surface area contributed by atoms with Crippen LogP contribution in [0.15, 0.2) is 45.8 Å². The molecule has 5 nitrogen and oxygen atoms in total. The smallest absolute Gasteiger partial charge is 0.265 e. The Morgan fingerprint density at radius 1 is 1.19 bits per heavy atom. The van der Waals surface area contributed by atoms with Crippen molar-refractivity contribution in [3.8, 4) is 5.75 Å². The van der Waals surface area contributed by atoms with Gasteiger partial charge >= 0.3 is 0 Å². The van der Waals surface area contributed by atoms with E-state index in [1.165, 1.54) is 25.3 Å². The zero-order chi connectivity index (χ0) is 15.6. The topological polar surface area (TPSA) is 81.4 Å². The third kappa shape index (κ3) is 3.48. The maximum atomic E-state index is 12.4. The molecule has 0 saturated heterocycles. The van der Waals surface area contributed by atoms with Gasteiger partial charge in [0, 0.05) is 21.9 Å². The predicted molar refractivity (Wildman–Crippen MR) is 87.1 cm³/mol. The summed E-state index contributed by atoms with van der Waals surface area (Å²) in [6.45, 7) is 1.88. The van der Waals surface area contributed by atoms with E-state index in [1.54, 1.807) is 18.2 Å². The van der Waals surface area contributed by atoms with Gasteiger partial charge in [0.1, 0.15) is 10.6 Å². The summed E-state index contributed by atoms with van der Waals surface area (Å²) in [7, 11) is -2.35. The quantitative estimate of drug-likeness (QED) is 0.809. The van der Waals surface area contributed by atoms with Gasteiger partial charge in [0.05, 0.1) is 7.11 Å². The van der Waals surface area contributed by atoms with Crippen LogP contribution in [0.4, 0.5) is 11.4 Å². The van der Waals surface area contributed by atoms with Crippen LogP contribution in [0.25, 0.3) is 0 Å². The van der Waals surface area contributed by atoms with Gasteiger partial charge in [-0.05, 0) is 42.8 Å². The molecule has 0 saturated carbocycles. The van der Waals surface area contributed by atoms with Gasteiger partial charge < -0.3 is 10.5 Å². The van der Waals surface area contributed by atoms with Gasteiger partial charge in [0.15, 0.2) is 0 Å². The summed E-state index contributed by atoms with van der Waals surface area (Å²) in [5, 5.41) is 0. The molecule has 0 fully saturated rings. The number of ether oxygens (including phenoxy) is 1. The Labute approximate surface area is 132 Å². The number of hydrogen-bond acceptors (Lipinski definition) is 4. The van der Waals surface area contributed by atoms with Gasteiger partial charge in [-0.25, -0.2) is 8.42 Å². The van der Waals surface area contributed by atoms with Crippen molar-refractivity contribution in [3.63, 3.8) is 0 Å². The van der Waals surface area contributed by atoms with Crippen LogP contribution in [0, 0.1) is 6.92 Å². The summed E-state index contributed by atoms with van der Waals surface area (Å²) in [4.78, 5) is 0.0415. The van der Waals surface area contributed by atoms with Crippen molar-refractivity contribution >= 4 is 37.3 Å². The molecule has 0 aliphatic carbocycles. The molecule has 0 atom stereocenters. The molecule has 0 aromatic heterocycles. The highest BCUT2D eigenvalue weighted by molar-refractivity contribution is 9.10. The van der Waals surface area contributed by atoms with Crippen LogP contribution in [0.5, 0.6) is 5.75 Å². The summed E-state index contributed by atoms with van der Waals surface area (Å²) in [6.07, 6.45) is 0. The van der Waals surface area contributed by atoms with Crippen LogP contribution < -0.4 is 15.2 Å². The van der Waals surface area contributed by atoms with Gasteiger partial charge in [-0.3, -0.25) is 4.72 Å². The molecule has 0 aliphatic rings. The van der Waals surface area contributed by atoms with Crippen molar-refractivity contribution in [1.82, 2.24) is 0 Å². The number of nitrogens with two attached hydrogens (primary N) is 1. The van der Waals surface area contributed by atoms with Crippen LogP contribution in [0.2, 0.25) is 0 Å². The average Bonchev–Trinajstić information content (AvgIpc) is 2.42. The molecule has 2 aromatic carbocycles. The first-order valence-electron chi connectivity index (χ1n) is 6.06. The Morgan fingerprint density at radius 3 is 2.52 bits per heavy atom. The standard InChI is InChI=1S/C14H15BrN2O3S/c1-9-7-11(4-5-12(9)15)17-21(18,19)14-6-3-10(16)8-13(14)20-2/h3-8,17H,16H2,1-2H3. The van der Waals surface area contributed by atoms with Crippen molar-refractivity contribution in [3.05, 3.63) is 46.4 Å². The second-order valence-corrected chi connectivity index (χ2v) is 6.98. The monoisotopic (exact) mass is 370 g/mol. The number of aryl methyl sites for hydroxylation is 1. The van der Waals surface area contributed by atoms with Crippen molar-refractivity contribution < 1.29 is 13.2 Å². The number of hydrogen-bond donors (Lipinski definition) is 2. The summed E-state index contributed by atoms with van der Waals surface area (Å²) in [5.74, 6) is 0.205. The second-order valence-electron chi connectivity index (χ2n) is 4.48. The Kier molecular flexibility index (Phi) is 4.43. The van der Waals surface area contributed by atoms with Crippen LogP contribution in [0.1, 0.15) is 5.56 Å². The van der Waals surface area contributed by atoms with Crippen molar-refractivity contribution in [2.24, 2.45) is 0 Å². The third-order valence-electron chi connectivity index (χ3n) is 2.89. The molecule has 21 heavy (non-hydrogen) atoms. The number of sulfonamides is 1. The molecule has 0 bridgehead atoms. The molecule has 0 unspecified atom stereocenters. The lowest BCUT2D eigenvalue weighted by atomic mass is 10.2. The Balaban J connectivity index is 2.40. The average molecular weight is 371 g/mol. The zero-order valence-electron chi connectivity index (χ0n) is 11.6. The van der Waals surface area contributed by atoms with E-state index < -0.39 is 10.0 Å². The van der Waals surface area contributed by atoms with Gasteiger partial charge in [-0.2, -0.15) is 0 Å². The highest BCUT2D eigenvalue weighted by atomic mass is 79.9. The van der Waals surface area contributed by atoms with Crippen LogP contribution >= 0.6 is 15.9 Å². The number of nitrogen functional groups attached to an aromatic ring is 1. The largest absolute Gasteiger partial charge is 0.495 e. The lowest BCUT2D eigenvalue weighted by molar-refractivity contribution is 0.403. The van der Waals surface area contributed by atoms with Gasteiger partial charge in [-0.1, -0.05) is 15.9 Å². The van der Waals surface area contributed by atoms with E-state index in [0.29, 0.717) is 11.4 Å². The fourth-order valence-electron chi connectivity index (χ4n) is 1.82. The van der Waals surface area contributed by atoms with E-state index in [2.05, 4.69) is 20.7 Å². The molecule has 2 rings (SSSR count). The maximum Gasteiger partial charge on any atom is 0.265 e. The van der Waals surface area contributed by atoms with Crippen molar-refractivity contribution in [2.45, 2.75) is 11.8 Å². The molecular formula is C14H15BrN2O3S. The molecule has 0 heterocycles. The first kappa shape index (κ1) is 15.7. The minimum Gasteiger partial charge on any atom is -0.495 e. The van der Waals surface area contributed by atoms with Gasteiger partial charge in [-0.15, -0.1) is 0 Å². The van der Waals surface area contributed by atoms with E-state index in [-0.39, 0.29) is 10.6 Å². The lowest BCUT2D eigenvalue weighted by Crippen LogP contribution is -2.14. The molecule has 0 radical (unpaired) electrons. The highest BCUT2D eigenvalue weighted by Gasteiger charge is 2.20. The minimum atomic E-state index is -3.75. The van der Waals surface area contributed by atoms with Crippen LogP contribution in [-0.4, -0.2) is 15.5 Å². The minimum absolute atomic E-state index is 0.0415. The normalized spacial score (nSPS) is 11.2. The molecule has 3 N–H and O–H groups in total. The molecular weight excluding hydrogens is 356 g/mol. The van der Waals surface area contributed by atoms with Crippen molar-refractivity contribution in [2.75, 3.05) is 17.6 Å². The van der Waals surface area contributed by atoms with Gasteiger partial charge in [0.25, 0.3) is 10.0 Å². The first-order chi connectivity index (χ1) is 9.83. The third-order valence-corrected chi connectivity index (χ3v) is 5.20. The van der Waals surface area contributed by atoms with Crippen LogP contribution in [-0.2, 0) is 10.0 Å². The summed E-state index contributed by atoms with van der Waals surface area (Å²) in [6, 6.07) is 9.62. The summed E-state index contributed by atoms with van der Waals surface area (Å²) in [5.41, 5.74) is 7.48. The second kappa shape index (κ2) is 5.95. The molecule has 0 amide bonds. The first-order valence-corrected chi connectivity index (χ1v) is 8.33. The molecule has 7 heteroatoms. The summed E-state index contributed by atoms with van der Waals surface area (Å²) >= 11 is 3.37.